The van der Waals surface area contributed by atoms with Gasteiger partial charge < -0.3 is 15.8 Å². The van der Waals surface area contributed by atoms with Gasteiger partial charge in [-0.1, -0.05) is 13.3 Å². The standard InChI is InChI=1S/C16H21N3O2S/c1-3-4-7-21-12-5-6-13(11(2)8-12)19-16(20)14-10-22-15(9-17)18-14/h5-6,8,10H,3-4,7,9,17H2,1-2H3,(H,19,20). The van der Waals surface area contributed by atoms with Gasteiger partial charge in [0, 0.05) is 17.6 Å². The van der Waals surface area contributed by atoms with Gasteiger partial charge in [-0.15, -0.1) is 11.3 Å². The fourth-order valence-corrected chi connectivity index (χ4v) is 2.55. The van der Waals surface area contributed by atoms with E-state index >= 15 is 0 Å². The first-order valence-corrected chi connectivity index (χ1v) is 8.21. The molecule has 0 aliphatic heterocycles. The van der Waals surface area contributed by atoms with Crippen LogP contribution in [-0.4, -0.2) is 17.5 Å². The van der Waals surface area contributed by atoms with Gasteiger partial charge >= 0.3 is 0 Å². The molecule has 22 heavy (non-hydrogen) atoms. The van der Waals surface area contributed by atoms with E-state index < -0.39 is 0 Å². The van der Waals surface area contributed by atoms with Crippen molar-refractivity contribution in [1.82, 2.24) is 4.98 Å². The number of nitrogens with zero attached hydrogens (tertiary/aromatic N) is 1. The van der Waals surface area contributed by atoms with Crippen LogP contribution in [0, 0.1) is 6.92 Å². The zero-order valence-corrected chi connectivity index (χ0v) is 13.7. The zero-order valence-electron chi connectivity index (χ0n) is 12.9. The van der Waals surface area contributed by atoms with Crippen LogP contribution in [0.2, 0.25) is 0 Å². The van der Waals surface area contributed by atoms with E-state index in [1.165, 1.54) is 11.3 Å². The van der Waals surface area contributed by atoms with Crippen molar-refractivity contribution in [3.63, 3.8) is 0 Å². The van der Waals surface area contributed by atoms with Gasteiger partial charge in [0.2, 0.25) is 0 Å². The predicted octanol–water partition coefficient (Wildman–Crippen LogP) is 3.34. The predicted molar refractivity (Wildman–Crippen MR) is 89.5 cm³/mol. The van der Waals surface area contributed by atoms with E-state index in [-0.39, 0.29) is 5.91 Å². The molecule has 6 heteroatoms. The highest BCUT2D eigenvalue weighted by Crippen LogP contribution is 2.22. The van der Waals surface area contributed by atoms with E-state index in [0.29, 0.717) is 18.8 Å². The number of nitrogens with one attached hydrogen (secondary N) is 1. The molecule has 1 amide bonds. The molecule has 0 saturated carbocycles. The fourth-order valence-electron chi connectivity index (χ4n) is 1.90. The third-order valence-electron chi connectivity index (χ3n) is 3.17. The Labute approximate surface area is 134 Å². The maximum Gasteiger partial charge on any atom is 0.275 e. The van der Waals surface area contributed by atoms with Crippen molar-refractivity contribution < 1.29 is 9.53 Å². The van der Waals surface area contributed by atoms with Crippen LogP contribution in [0.15, 0.2) is 23.6 Å². The Balaban J connectivity index is 2.01. The molecule has 0 bridgehead atoms. The summed E-state index contributed by atoms with van der Waals surface area (Å²) in [5, 5.41) is 5.34. The number of rotatable bonds is 7. The molecule has 0 atom stereocenters. The molecule has 118 valence electrons. The van der Waals surface area contributed by atoms with E-state index in [9.17, 15) is 4.79 Å². The molecule has 0 unspecified atom stereocenters. The number of hydrogen-bond acceptors (Lipinski definition) is 5. The van der Waals surface area contributed by atoms with Gasteiger partial charge in [0.1, 0.15) is 16.5 Å². The number of aromatic nitrogens is 1. The SMILES string of the molecule is CCCCOc1ccc(NC(=O)c2csc(CN)n2)c(C)c1. The van der Waals surface area contributed by atoms with Gasteiger partial charge in [-0.05, 0) is 37.1 Å². The first-order valence-electron chi connectivity index (χ1n) is 7.33. The first-order chi connectivity index (χ1) is 10.6. The quantitative estimate of drug-likeness (QED) is 0.767. The average Bonchev–Trinajstić information content (AvgIpc) is 2.99. The number of anilines is 1. The summed E-state index contributed by atoms with van der Waals surface area (Å²) in [6, 6.07) is 5.65. The topological polar surface area (TPSA) is 77.2 Å². The summed E-state index contributed by atoms with van der Waals surface area (Å²) >= 11 is 1.39. The Kier molecular flexibility index (Phi) is 5.91. The van der Waals surface area contributed by atoms with Crippen LogP contribution in [0.3, 0.4) is 0 Å². The third-order valence-corrected chi connectivity index (χ3v) is 4.04. The lowest BCUT2D eigenvalue weighted by molar-refractivity contribution is 0.102. The summed E-state index contributed by atoms with van der Waals surface area (Å²) in [6.07, 6.45) is 2.14. The lowest BCUT2D eigenvalue weighted by atomic mass is 10.2. The van der Waals surface area contributed by atoms with Crippen LogP contribution in [-0.2, 0) is 6.54 Å². The van der Waals surface area contributed by atoms with Gasteiger partial charge in [-0.3, -0.25) is 4.79 Å². The normalized spacial score (nSPS) is 10.5. The van der Waals surface area contributed by atoms with Gasteiger partial charge in [0.15, 0.2) is 0 Å². The van der Waals surface area contributed by atoms with E-state index in [2.05, 4.69) is 17.2 Å². The highest BCUT2D eigenvalue weighted by Gasteiger charge is 2.12. The van der Waals surface area contributed by atoms with Crippen molar-refractivity contribution in [3.05, 3.63) is 39.8 Å². The van der Waals surface area contributed by atoms with Crippen LogP contribution in [0.4, 0.5) is 5.69 Å². The van der Waals surface area contributed by atoms with Crippen molar-refractivity contribution in [2.75, 3.05) is 11.9 Å². The lowest BCUT2D eigenvalue weighted by Gasteiger charge is -2.10. The minimum Gasteiger partial charge on any atom is -0.494 e. The highest BCUT2D eigenvalue weighted by molar-refractivity contribution is 7.09. The number of amides is 1. The van der Waals surface area contributed by atoms with E-state index in [1.54, 1.807) is 5.38 Å². The van der Waals surface area contributed by atoms with E-state index in [4.69, 9.17) is 10.5 Å². The Morgan fingerprint density at radius 3 is 2.91 bits per heavy atom. The maximum absolute atomic E-state index is 12.2. The Bertz CT molecular complexity index is 640. The molecule has 0 saturated heterocycles. The number of thiazole rings is 1. The summed E-state index contributed by atoms with van der Waals surface area (Å²) in [7, 11) is 0. The third kappa shape index (κ3) is 4.29. The number of hydrogen-bond donors (Lipinski definition) is 2. The number of carbonyl (C=O) groups is 1. The van der Waals surface area contributed by atoms with Crippen LogP contribution >= 0.6 is 11.3 Å². The van der Waals surface area contributed by atoms with Crippen molar-refractivity contribution in [3.8, 4) is 5.75 Å². The molecule has 5 nitrogen and oxygen atoms in total. The molecule has 2 aromatic rings. The lowest BCUT2D eigenvalue weighted by Crippen LogP contribution is -2.13. The van der Waals surface area contributed by atoms with Crippen LogP contribution in [0.25, 0.3) is 0 Å². The summed E-state index contributed by atoms with van der Waals surface area (Å²) < 4.78 is 5.65. The van der Waals surface area contributed by atoms with Crippen molar-refractivity contribution in [2.24, 2.45) is 5.73 Å². The van der Waals surface area contributed by atoms with Gasteiger partial charge in [0.05, 0.1) is 6.61 Å². The van der Waals surface area contributed by atoms with Gasteiger partial charge in [-0.25, -0.2) is 4.98 Å². The fraction of sp³-hybridized carbons (Fsp3) is 0.375. The molecule has 1 aromatic heterocycles. The Morgan fingerprint density at radius 2 is 2.27 bits per heavy atom. The molecule has 0 radical (unpaired) electrons. The summed E-state index contributed by atoms with van der Waals surface area (Å²) in [6.45, 7) is 5.12. The van der Waals surface area contributed by atoms with Crippen LogP contribution in [0.5, 0.6) is 5.75 Å². The van der Waals surface area contributed by atoms with Crippen molar-refractivity contribution >= 4 is 22.9 Å². The molecule has 1 heterocycles. The molecule has 0 fully saturated rings. The second kappa shape index (κ2) is 7.91. The highest BCUT2D eigenvalue weighted by atomic mass is 32.1. The minimum absolute atomic E-state index is 0.223. The monoisotopic (exact) mass is 319 g/mol. The molecule has 0 spiro atoms. The van der Waals surface area contributed by atoms with Crippen molar-refractivity contribution in [2.45, 2.75) is 33.2 Å². The zero-order chi connectivity index (χ0) is 15.9. The smallest absolute Gasteiger partial charge is 0.275 e. The Morgan fingerprint density at radius 1 is 1.45 bits per heavy atom. The molecule has 2 rings (SSSR count). The number of carbonyl (C=O) groups excluding carboxylic acids is 1. The molecular formula is C16H21N3O2S. The Hall–Kier alpha value is -1.92. The van der Waals surface area contributed by atoms with E-state index in [0.717, 1.165) is 34.8 Å². The molecule has 0 aliphatic carbocycles. The molecule has 1 aromatic carbocycles. The maximum atomic E-state index is 12.2. The number of nitrogens with two attached hydrogens (primary N) is 1. The minimum atomic E-state index is -0.223. The van der Waals surface area contributed by atoms with Crippen LogP contribution in [0.1, 0.15) is 40.8 Å². The number of unbranched alkanes of at least 4 members (excludes halogenated alkanes) is 1. The molecule has 3 N–H and O–H groups in total. The van der Waals surface area contributed by atoms with Crippen LogP contribution < -0.4 is 15.8 Å². The number of benzene rings is 1. The summed E-state index contributed by atoms with van der Waals surface area (Å²) in [4.78, 5) is 16.3. The number of aryl methyl sites for hydroxylation is 1. The second-order valence-corrected chi connectivity index (χ2v) is 5.91. The average molecular weight is 319 g/mol. The molecule has 0 aliphatic rings. The first kappa shape index (κ1) is 16.5. The van der Waals surface area contributed by atoms with Crippen molar-refractivity contribution in [1.29, 1.82) is 0 Å². The largest absolute Gasteiger partial charge is 0.494 e. The van der Waals surface area contributed by atoms with Gasteiger partial charge in [-0.2, -0.15) is 0 Å². The second-order valence-electron chi connectivity index (χ2n) is 4.96. The number of ether oxygens (including phenoxy) is 1. The van der Waals surface area contributed by atoms with Gasteiger partial charge in [0.25, 0.3) is 5.91 Å². The summed E-state index contributed by atoms with van der Waals surface area (Å²) in [5.41, 5.74) is 7.62. The van der Waals surface area contributed by atoms with E-state index in [1.807, 2.05) is 25.1 Å². The summed E-state index contributed by atoms with van der Waals surface area (Å²) in [5.74, 6) is 0.599. The molecular weight excluding hydrogens is 298 g/mol.